The van der Waals surface area contributed by atoms with Crippen molar-refractivity contribution in [3.05, 3.63) is 107 Å². The summed E-state index contributed by atoms with van der Waals surface area (Å²) in [5, 5.41) is 12.4. The molecule has 6 nitrogen and oxygen atoms in total. The van der Waals surface area contributed by atoms with Gasteiger partial charge in [-0.3, -0.25) is 0 Å². The molecule has 0 spiro atoms. The van der Waals surface area contributed by atoms with Crippen LogP contribution in [0.15, 0.2) is 91.0 Å². The van der Waals surface area contributed by atoms with Gasteiger partial charge in [0.2, 0.25) is 11.2 Å². The Hall–Kier alpha value is -3.74. The summed E-state index contributed by atoms with van der Waals surface area (Å²) in [7, 11) is 2.15. The minimum atomic E-state index is 0.192. The molecule has 2 heterocycles. The standard InChI is InChI=1S/C27H24ClN5O/c1-32(17-16-20-8-4-2-5-9-20)19-21-12-13-24(23(18-21)22-10-6-3-7-11-22)34-26-15-14-25-29-30-27(28)33(25)31-26/h2-15,18H,16-17,19H2,1H3. The van der Waals surface area contributed by atoms with E-state index < -0.39 is 0 Å². The Bertz CT molecular complexity index is 1390. The maximum atomic E-state index is 6.20. The second-order valence-electron chi connectivity index (χ2n) is 8.18. The largest absolute Gasteiger partial charge is 0.437 e. The molecule has 0 unspecified atom stereocenters. The lowest BCUT2D eigenvalue weighted by atomic mass is 10.0. The Balaban J connectivity index is 1.38. The molecule has 0 radical (unpaired) electrons. The van der Waals surface area contributed by atoms with Gasteiger partial charge in [0, 0.05) is 24.7 Å². The first kappa shape index (κ1) is 22.1. The Morgan fingerprint density at radius 2 is 1.62 bits per heavy atom. The van der Waals surface area contributed by atoms with Crippen LogP contribution in [0.1, 0.15) is 11.1 Å². The smallest absolute Gasteiger partial charge is 0.246 e. The highest BCUT2D eigenvalue weighted by Gasteiger charge is 2.12. The number of fused-ring (bicyclic) bond motifs is 1. The van der Waals surface area contributed by atoms with E-state index >= 15 is 0 Å². The van der Waals surface area contributed by atoms with Crippen LogP contribution in [-0.2, 0) is 13.0 Å². The van der Waals surface area contributed by atoms with Crippen molar-refractivity contribution in [2.45, 2.75) is 13.0 Å². The number of rotatable bonds is 8. The normalized spacial score (nSPS) is 11.3. The van der Waals surface area contributed by atoms with Gasteiger partial charge < -0.3 is 9.64 Å². The summed E-state index contributed by atoms with van der Waals surface area (Å²) >= 11 is 6.08. The van der Waals surface area contributed by atoms with Crippen molar-refractivity contribution < 1.29 is 4.74 Å². The van der Waals surface area contributed by atoms with Crippen LogP contribution < -0.4 is 4.74 Å². The van der Waals surface area contributed by atoms with Gasteiger partial charge in [0.1, 0.15) is 5.75 Å². The first-order valence-corrected chi connectivity index (χ1v) is 11.5. The van der Waals surface area contributed by atoms with Gasteiger partial charge in [0.15, 0.2) is 5.65 Å². The molecule has 3 aromatic carbocycles. The van der Waals surface area contributed by atoms with Crippen molar-refractivity contribution in [3.63, 3.8) is 0 Å². The molecule has 0 amide bonds. The zero-order valence-electron chi connectivity index (χ0n) is 18.8. The predicted molar refractivity (Wildman–Crippen MR) is 134 cm³/mol. The third-order valence-electron chi connectivity index (χ3n) is 5.62. The van der Waals surface area contributed by atoms with Gasteiger partial charge in [-0.1, -0.05) is 66.7 Å². The Kier molecular flexibility index (Phi) is 6.51. The summed E-state index contributed by atoms with van der Waals surface area (Å²) in [6, 6.07) is 30.6. The lowest BCUT2D eigenvalue weighted by Crippen LogP contribution is -2.20. The second-order valence-corrected chi connectivity index (χ2v) is 8.52. The lowest BCUT2D eigenvalue weighted by molar-refractivity contribution is 0.331. The zero-order chi connectivity index (χ0) is 23.3. The Morgan fingerprint density at radius 1 is 0.853 bits per heavy atom. The monoisotopic (exact) mass is 469 g/mol. The van der Waals surface area contributed by atoms with Gasteiger partial charge in [0.05, 0.1) is 0 Å². The molecule has 0 bridgehead atoms. The van der Waals surface area contributed by atoms with Crippen LogP contribution in [-0.4, -0.2) is 38.3 Å². The maximum absolute atomic E-state index is 6.20. The molecule has 7 heteroatoms. The summed E-state index contributed by atoms with van der Waals surface area (Å²) < 4.78 is 7.66. The Labute approximate surface area is 203 Å². The van der Waals surface area contributed by atoms with Crippen LogP contribution in [0, 0.1) is 0 Å². The van der Waals surface area contributed by atoms with Gasteiger partial charge >= 0.3 is 0 Å². The molecule has 5 rings (SSSR count). The topological polar surface area (TPSA) is 55.5 Å². The highest BCUT2D eigenvalue weighted by molar-refractivity contribution is 6.28. The highest BCUT2D eigenvalue weighted by atomic mass is 35.5. The fourth-order valence-electron chi connectivity index (χ4n) is 3.88. The van der Waals surface area contributed by atoms with Crippen LogP contribution in [0.2, 0.25) is 5.28 Å². The first-order chi connectivity index (χ1) is 16.7. The molecule has 0 atom stereocenters. The molecule has 2 aromatic heterocycles. The van der Waals surface area contributed by atoms with Gasteiger partial charge in [-0.2, -0.15) is 4.52 Å². The van der Waals surface area contributed by atoms with E-state index in [-0.39, 0.29) is 5.28 Å². The maximum Gasteiger partial charge on any atom is 0.246 e. The summed E-state index contributed by atoms with van der Waals surface area (Å²) in [5.41, 5.74) is 5.21. The molecule has 0 aliphatic heterocycles. The number of halogens is 1. The fourth-order valence-corrected chi connectivity index (χ4v) is 4.04. The van der Waals surface area contributed by atoms with Crippen LogP contribution in [0.5, 0.6) is 11.6 Å². The van der Waals surface area contributed by atoms with E-state index in [1.807, 2.05) is 24.3 Å². The SMILES string of the molecule is CN(CCc1ccccc1)Cc1ccc(Oc2ccc3nnc(Cl)n3n2)c(-c2ccccc2)c1. The lowest BCUT2D eigenvalue weighted by Gasteiger charge is -2.18. The molecule has 170 valence electrons. The molecular formula is C27H24ClN5O. The number of hydrogen-bond donors (Lipinski definition) is 0. The Morgan fingerprint density at radius 3 is 2.41 bits per heavy atom. The summed E-state index contributed by atoms with van der Waals surface area (Å²) in [6.07, 6.45) is 1.02. The number of aromatic nitrogens is 4. The molecular weight excluding hydrogens is 446 g/mol. The predicted octanol–water partition coefficient (Wildman–Crippen LogP) is 5.91. The van der Waals surface area contributed by atoms with Crippen molar-refractivity contribution in [3.8, 4) is 22.8 Å². The van der Waals surface area contributed by atoms with Gasteiger partial charge in [-0.25, -0.2) is 0 Å². The van der Waals surface area contributed by atoms with E-state index in [2.05, 4.69) is 81.8 Å². The molecule has 0 N–H and O–H groups in total. The number of benzene rings is 3. The molecule has 0 fully saturated rings. The molecule has 0 saturated heterocycles. The average molecular weight is 470 g/mol. The summed E-state index contributed by atoms with van der Waals surface area (Å²) in [5.74, 6) is 1.14. The first-order valence-electron chi connectivity index (χ1n) is 11.1. The van der Waals surface area contributed by atoms with Crippen LogP contribution in [0.3, 0.4) is 0 Å². The number of nitrogens with zero attached hydrogens (tertiary/aromatic N) is 5. The van der Waals surface area contributed by atoms with Crippen molar-refractivity contribution in [2.24, 2.45) is 0 Å². The van der Waals surface area contributed by atoms with Gasteiger partial charge in [0.25, 0.3) is 0 Å². The fraction of sp³-hybridized carbons (Fsp3) is 0.148. The molecule has 0 saturated carbocycles. The zero-order valence-corrected chi connectivity index (χ0v) is 19.6. The summed E-state index contributed by atoms with van der Waals surface area (Å²) in [6.45, 7) is 1.82. The van der Waals surface area contributed by atoms with Crippen LogP contribution in [0.25, 0.3) is 16.8 Å². The van der Waals surface area contributed by atoms with E-state index in [4.69, 9.17) is 16.3 Å². The van der Waals surface area contributed by atoms with E-state index in [1.165, 1.54) is 15.6 Å². The van der Waals surface area contributed by atoms with Crippen LogP contribution in [0.4, 0.5) is 0 Å². The molecule has 0 aliphatic rings. The van der Waals surface area contributed by atoms with Crippen molar-refractivity contribution in [1.82, 2.24) is 24.7 Å². The number of ether oxygens (including phenoxy) is 1. The second kappa shape index (κ2) is 10.0. The van der Waals surface area contributed by atoms with E-state index in [0.29, 0.717) is 11.5 Å². The third kappa shape index (κ3) is 5.09. The average Bonchev–Trinajstić information content (AvgIpc) is 3.25. The highest BCUT2D eigenvalue weighted by Crippen LogP contribution is 2.34. The molecule has 5 aromatic rings. The van der Waals surface area contributed by atoms with E-state index in [1.54, 1.807) is 12.1 Å². The molecule has 34 heavy (non-hydrogen) atoms. The van der Waals surface area contributed by atoms with Gasteiger partial charge in [-0.15, -0.1) is 15.3 Å². The minimum absolute atomic E-state index is 0.192. The summed E-state index contributed by atoms with van der Waals surface area (Å²) in [4.78, 5) is 2.33. The van der Waals surface area contributed by atoms with Crippen molar-refractivity contribution in [2.75, 3.05) is 13.6 Å². The van der Waals surface area contributed by atoms with Gasteiger partial charge in [-0.05, 0) is 60.0 Å². The van der Waals surface area contributed by atoms with E-state index in [9.17, 15) is 0 Å². The number of hydrogen-bond acceptors (Lipinski definition) is 5. The van der Waals surface area contributed by atoms with E-state index in [0.717, 1.165) is 36.4 Å². The molecule has 0 aliphatic carbocycles. The number of likely N-dealkylation sites (N-methyl/N-ethyl adjacent to an activating group) is 1. The van der Waals surface area contributed by atoms with Crippen LogP contribution >= 0.6 is 11.6 Å². The minimum Gasteiger partial charge on any atom is -0.437 e. The van der Waals surface area contributed by atoms with Crippen molar-refractivity contribution >= 4 is 17.2 Å². The van der Waals surface area contributed by atoms with Crippen molar-refractivity contribution in [1.29, 1.82) is 0 Å². The third-order valence-corrected chi connectivity index (χ3v) is 5.86. The quantitative estimate of drug-likeness (QED) is 0.282.